The van der Waals surface area contributed by atoms with Crippen molar-refractivity contribution >= 4 is 33.2 Å². The molecule has 1 aromatic carbocycles. The summed E-state index contributed by atoms with van der Waals surface area (Å²) in [6.45, 7) is 2.62. The van der Waals surface area contributed by atoms with Crippen LogP contribution in [0, 0.1) is 5.92 Å². The molecule has 0 aliphatic carbocycles. The summed E-state index contributed by atoms with van der Waals surface area (Å²) in [4.78, 5) is 21.2. The summed E-state index contributed by atoms with van der Waals surface area (Å²) in [7, 11) is -1.67. The van der Waals surface area contributed by atoms with Crippen molar-refractivity contribution in [1.82, 2.24) is 14.2 Å². The Bertz CT molecular complexity index is 1040. The molecule has 160 valence electrons. The summed E-state index contributed by atoms with van der Waals surface area (Å²) in [6.07, 6.45) is 2.47. The lowest BCUT2D eigenvalue weighted by atomic mass is 9.96. The number of likely N-dealkylation sites (N-methyl/N-ethyl adjacent to an activating group) is 1. The average Bonchev–Trinajstić information content (AvgIpc) is 2.93. The molecular formula is C21H25ClN4O3S. The molecule has 30 heavy (non-hydrogen) atoms. The Kier molecular flexibility index (Phi) is 5.99. The van der Waals surface area contributed by atoms with Gasteiger partial charge in [-0.1, -0.05) is 29.8 Å². The Labute approximate surface area is 182 Å². The van der Waals surface area contributed by atoms with Crippen LogP contribution in [0.15, 0.2) is 47.5 Å². The number of fused-ring (bicyclic) bond motifs is 1. The third kappa shape index (κ3) is 4.04. The number of pyridine rings is 1. The lowest BCUT2D eigenvalue weighted by Crippen LogP contribution is -2.45. The normalized spacial score (nSPS) is 18.7. The number of carbonyl (C=O) groups excluding carboxylic acids is 1. The van der Waals surface area contributed by atoms with Crippen LogP contribution in [0.2, 0.25) is 5.15 Å². The quantitative estimate of drug-likeness (QED) is 0.675. The fourth-order valence-electron chi connectivity index (χ4n) is 4.18. The van der Waals surface area contributed by atoms with Crippen LogP contribution in [0.4, 0.5) is 5.69 Å². The van der Waals surface area contributed by atoms with Gasteiger partial charge in [0.1, 0.15) is 10.0 Å². The van der Waals surface area contributed by atoms with E-state index >= 15 is 0 Å². The molecule has 7 nitrogen and oxygen atoms in total. The van der Waals surface area contributed by atoms with Crippen molar-refractivity contribution in [3.8, 4) is 0 Å². The Morgan fingerprint density at radius 3 is 2.53 bits per heavy atom. The van der Waals surface area contributed by atoms with Gasteiger partial charge in [-0.25, -0.2) is 13.4 Å². The Morgan fingerprint density at radius 2 is 1.80 bits per heavy atom. The molecule has 0 bridgehead atoms. The van der Waals surface area contributed by atoms with Gasteiger partial charge in [-0.2, -0.15) is 4.31 Å². The van der Waals surface area contributed by atoms with Crippen LogP contribution in [0.1, 0.15) is 18.4 Å². The molecule has 0 unspecified atom stereocenters. The summed E-state index contributed by atoms with van der Waals surface area (Å²) in [6, 6.07) is 11.2. The number of amides is 1. The molecule has 1 saturated heterocycles. The molecule has 1 fully saturated rings. The van der Waals surface area contributed by atoms with Crippen molar-refractivity contribution in [3.05, 3.63) is 53.3 Å². The van der Waals surface area contributed by atoms with E-state index in [1.807, 2.05) is 24.1 Å². The van der Waals surface area contributed by atoms with Crippen LogP contribution >= 0.6 is 11.6 Å². The van der Waals surface area contributed by atoms with Crippen molar-refractivity contribution in [2.24, 2.45) is 5.92 Å². The second-order valence-electron chi connectivity index (χ2n) is 7.78. The van der Waals surface area contributed by atoms with Crippen molar-refractivity contribution in [2.75, 3.05) is 38.1 Å². The average molecular weight is 449 g/mol. The molecule has 0 saturated carbocycles. The topological polar surface area (TPSA) is 73.8 Å². The van der Waals surface area contributed by atoms with Crippen molar-refractivity contribution in [3.63, 3.8) is 0 Å². The molecule has 2 aliphatic rings. The first-order valence-electron chi connectivity index (χ1n) is 10.1. The van der Waals surface area contributed by atoms with Crippen LogP contribution < -0.4 is 4.90 Å². The highest BCUT2D eigenvalue weighted by atomic mass is 35.5. The van der Waals surface area contributed by atoms with Crippen LogP contribution in [-0.4, -0.2) is 61.7 Å². The van der Waals surface area contributed by atoms with Crippen molar-refractivity contribution in [2.45, 2.75) is 24.3 Å². The first-order valence-corrected chi connectivity index (χ1v) is 11.9. The standard InChI is InChI=1S/C21H25ClN4O3S/c1-24-13-14-25(15-17-5-2-3-6-18(17)24)21(27)16-8-11-26(12-9-16)30(28,29)19-7-4-10-23-20(19)22/h2-7,10,16H,8-9,11-15H2,1H3. The molecule has 9 heteroatoms. The van der Waals surface area contributed by atoms with E-state index in [1.165, 1.54) is 16.6 Å². The van der Waals surface area contributed by atoms with Gasteiger partial charge in [-0.05, 0) is 36.6 Å². The molecule has 1 aromatic heterocycles. The Hall–Kier alpha value is -2.16. The lowest BCUT2D eigenvalue weighted by Gasteiger charge is -2.33. The third-order valence-corrected chi connectivity index (χ3v) is 8.27. The third-order valence-electron chi connectivity index (χ3n) is 5.93. The predicted octanol–water partition coefficient (Wildman–Crippen LogP) is 2.61. The van der Waals surface area contributed by atoms with Gasteiger partial charge < -0.3 is 9.80 Å². The zero-order valence-corrected chi connectivity index (χ0v) is 18.4. The molecule has 3 heterocycles. The predicted molar refractivity (Wildman–Crippen MR) is 116 cm³/mol. The Balaban J connectivity index is 1.43. The first kappa shape index (κ1) is 21.1. The van der Waals surface area contributed by atoms with Gasteiger partial charge in [-0.15, -0.1) is 0 Å². The van der Waals surface area contributed by atoms with Crippen LogP contribution in [0.25, 0.3) is 0 Å². The molecule has 0 radical (unpaired) electrons. The molecule has 0 N–H and O–H groups in total. The number of benzene rings is 1. The molecule has 4 rings (SSSR count). The zero-order valence-electron chi connectivity index (χ0n) is 16.9. The number of halogens is 1. The van der Waals surface area contributed by atoms with E-state index in [9.17, 15) is 13.2 Å². The van der Waals surface area contributed by atoms with Gasteiger partial charge >= 0.3 is 0 Å². The number of anilines is 1. The van der Waals surface area contributed by atoms with Crippen LogP contribution in [-0.2, 0) is 21.4 Å². The number of aromatic nitrogens is 1. The van der Waals surface area contributed by atoms with Crippen molar-refractivity contribution in [1.29, 1.82) is 0 Å². The minimum Gasteiger partial charge on any atom is -0.373 e. The van der Waals surface area contributed by atoms with E-state index in [4.69, 9.17) is 11.6 Å². The first-order chi connectivity index (χ1) is 14.4. The summed E-state index contributed by atoms with van der Waals surface area (Å²) in [5, 5.41) is -0.0250. The SMILES string of the molecule is CN1CCN(C(=O)C2CCN(S(=O)(=O)c3cccnc3Cl)CC2)Cc2ccccc21. The minimum atomic E-state index is -3.71. The second kappa shape index (κ2) is 8.53. The van der Waals surface area contributed by atoms with Crippen LogP contribution in [0.5, 0.6) is 0 Å². The zero-order chi connectivity index (χ0) is 21.3. The largest absolute Gasteiger partial charge is 0.373 e. The van der Waals surface area contributed by atoms with Crippen molar-refractivity contribution < 1.29 is 13.2 Å². The monoisotopic (exact) mass is 448 g/mol. The van der Waals surface area contributed by atoms with Gasteiger partial charge in [0.25, 0.3) is 0 Å². The number of nitrogens with zero attached hydrogens (tertiary/aromatic N) is 4. The number of piperidine rings is 1. The number of hydrogen-bond donors (Lipinski definition) is 0. The fraction of sp³-hybridized carbons (Fsp3) is 0.429. The highest BCUT2D eigenvalue weighted by molar-refractivity contribution is 7.89. The lowest BCUT2D eigenvalue weighted by molar-refractivity contribution is -0.137. The Morgan fingerprint density at radius 1 is 1.07 bits per heavy atom. The molecule has 2 aromatic rings. The van der Waals surface area contributed by atoms with Gasteiger partial charge in [0, 0.05) is 57.6 Å². The van der Waals surface area contributed by atoms with E-state index in [1.54, 1.807) is 6.07 Å². The number of carbonyl (C=O) groups is 1. The van der Waals surface area contributed by atoms with E-state index in [2.05, 4.69) is 22.0 Å². The van der Waals surface area contributed by atoms with Gasteiger partial charge in [-0.3, -0.25) is 4.79 Å². The molecule has 2 aliphatic heterocycles. The van der Waals surface area contributed by atoms with E-state index in [0.717, 1.165) is 17.8 Å². The summed E-state index contributed by atoms with van der Waals surface area (Å²) >= 11 is 6.00. The van der Waals surface area contributed by atoms with Crippen LogP contribution in [0.3, 0.4) is 0 Å². The summed E-state index contributed by atoms with van der Waals surface area (Å²) < 4.78 is 27.2. The molecule has 0 atom stereocenters. The van der Waals surface area contributed by atoms with E-state index < -0.39 is 10.0 Å². The number of rotatable bonds is 3. The highest BCUT2D eigenvalue weighted by Gasteiger charge is 2.35. The van der Waals surface area contributed by atoms with E-state index in [-0.39, 0.29) is 21.9 Å². The maximum atomic E-state index is 13.2. The summed E-state index contributed by atoms with van der Waals surface area (Å²) in [5.41, 5.74) is 2.29. The van der Waals surface area contributed by atoms with Gasteiger partial charge in [0.15, 0.2) is 0 Å². The maximum absolute atomic E-state index is 13.2. The number of hydrogen-bond acceptors (Lipinski definition) is 5. The fourth-order valence-corrected chi connectivity index (χ4v) is 6.08. The molecule has 1 amide bonds. The maximum Gasteiger partial charge on any atom is 0.246 e. The minimum absolute atomic E-state index is 0.0172. The smallest absolute Gasteiger partial charge is 0.246 e. The van der Waals surface area contributed by atoms with E-state index in [0.29, 0.717) is 39.0 Å². The molecular weight excluding hydrogens is 424 g/mol. The number of sulfonamides is 1. The second-order valence-corrected chi connectivity index (χ2v) is 10.0. The molecule has 0 spiro atoms. The summed E-state index contributed by atoms with van der Waals surface area (Å²) in [5.74, 6) is -0.0621. The van der Waals surface area contributed by atoms with Gasteiger partial charge in [0.2, 0.25) is 15.9 Å². The van der Waals surface area contributed by atoms with Gasteiger partial charge in [0.05, 0.1) is 0 Å². The number of para-hydroxylation sites is 1. The highest BCUT2D eigenvalue weighted by Crippen LogP contribution is 2.29.